The third-order valence-corrected chi connectivity index (χ3v) is 3.84. The fraction of sp³-hybridized carbons (Fsp3) is 0.533. The van der Waals surface area contributed by atoms with E-state index in [2.05, 4.69) is 0 Å². The summed E-state index contributed by atoms with van der Waals surface area (Å²) in [7, 11) is 1.63. The van der Waals surface area contributed by atoms with E-state index in [1.165, 1.54) is 0 Å². The standard InChI is InChI=1S/C15H21NO2/c1-11-5-6-13(18-2)12(9-11)10-14(17)15(16)7-3-4-8-15/h5-6,9H,3-4,7-8,10,16H2,1-2H3. The number of hydrogen-bond donors (Lipinski definition) is 1. The molecule has 0 heterocycles. The number of rotatable bonds is 4. The fourth-order valence-corrected chi connectivity index (χ4v) is 2.68. The van der Waals surface area contributed by atoms with E-state index in [-0.39, 0.29) is 5.78 Å². The van der Waals surface area contributed by atoms with Crippen molar-refractivity contribution in [3.8, 4) is 5.75 Å². The summed E-state index contributed by atoms with van der Waals surface area (Å²) in [4.78, 5) is 12.3. The van der Waals surface area contributed by atoms with Gasteiger partial charge in [-0.1, -0.05) is 30.5 Å². The molecule has 18 heavy (non-hydrogen) atoms. The molecule has 0 spiro atoms. The van der Waals surface area contributed by atoms with Gasteiger partial charge in [0, 0.05) is 12.0 Å². The average Bonchev–Trinajstić information content (AvgIpc) is 2.78. The summed E-state index contributed by atoms with van der Waals surface area (Å²) in [5.41, 5.74) is 7.67. The van der Waals surface area contributed by atoms with Gasteiger partial charge in [0.1, 0.15) is 5.75 Å². The molecule has 0 radical (unpaired) electrons. The summed E-state index contributed by atoms with van der Waals surface area (Å²) < 4.78 is 5.30. The highest BCUT2D eigenvalue weighted by atomic mass is 16.5. The van der Waals surface area contributed by atoms with Crippen molar-refractivity contribution in [2.45, 2.75) is 44.6 Å². The molecule has 2 N–H and O–H groups in total. The summed E-state index contributed by atoms with van der Waals surface area (Å²) in [6.07, 6.45) is 4.14. The van der Waals surface area contributed by atoms with Crippen LogP contribution in [0.25, 0.3) is 0 Å². The smallest absolute Gasteiger partial charge is 0.157 e. The molecule has 1 aliphatic carbocycles. The van der Waals surface area contributed by atoms with Crippen molar-refractivity contribution in [2.75, 3.05) is 7.11 Å². The zero-order valence-electron chi connectivity index (χ0n) is 11.2. The Balaban J connectivity index is 2.18. The van der Waals surface area contributed by atoms with Gasteiger partial charge in [-0.3, -0.25) is 4.79 Å². The fourth-order valence-electron chi connectivity index (χ4n) is 2.68. The molecule has 0 saturated heterocycles. The van der Waals surface area contributed by atoms with Gasteiger partial charge in [-0.2, -0.15) is 0 Å². The van der Waals surface area contributed by atoms with Crippen molar-refractivity contribution in [1.82, 2.24) is 0 Å². The lowest BCUT2D eigenvalue weighted by molar-refractivity contribution is -0.123. The highest BCUT2D eigenvalue weighted by molar-refractivity contribution is 5.90. The molecule has 0 bridgehead atoms. The Hall–Kier alpha value is -1.35. The average molecular weight is 247 g/mol. The van der Waals surface area contributed by atoms with Gasteiger partial charge >= 0.3 is 0 Å². The van der Waals surface area contributed by atoms with Crippen molar-refractivity contribution in [3.05, 3.63) is 29.3 Å². The molecule has 98 valence electrons. The van der Waals surface area contributed by atoms with E-state index in [1.54, 1.807) is 7.11 Å². The van der Waals surface area contributed by atoms with E-state index in [9.17, 15) is 4.79 Å². The van der Waals surface area contributed by atoms with Gasteiger partial charge in [-0.15, -0.1) is 0 Å². The summed E-state index contributed by atoms with van der Waals surface area (Å²) >= 11 is 0. The first-order valence-corrected chi connectivity index (χ1v) is 6.51. The molecule has 0 aromatic heterocycles. The maximum atomic E-state index is 12.3. The lowest BCUT2D eigenvalue weighted by atomic mass is 9.89. The molecular weight excluding hydrogens is 226 g/mol. The predicted molar refractivity (Wildman–Crippen MR) is 71.8 cm³/mol. The van der Waals surface area contributed by atoms with Crippen LogP contribution in [0.15, 0.2) is 18.2 Å². The number of ketones is 1. The molecule has 1 aliphatic rings. The summed E-state index contributed by atoms with van der Waals surface area (Å²) in [6, 6.07) is 5.91. The summed E-state index contributed by atoms with van der Waals surface area (Å²) in [5, 5.41) is 0. The Bertz CT molecular complexity index is 448. The van der Waals surface area contributed by atoms with Crippen LogP contribution in [0, 0.1) is 6.92 Å². The zero-order valence-corrected chi connectivity index (χ0v) is 11.2. The van der Waals surface area contributed by atoms with E-state index in [0.29, 0.717) is 6.42 Å². The van der Waals surface area contributed by atoms with Crippen LogP contribution in [0.1, 0.15) is 36.8 Å². The molecule has 0 atom stereocenters. The van der Waals surface area contributed by atoms with Crippen LogP contribution in [0.4, 0.5) is 0 Å². The Labute approximate surface area is 108 Å². The van der Waals surface area contributed by atoms with Crippen molar-refractivity contribution in [3.63, 3.8) is 0 Å². The second kappa shape index (κ2) is 5.11. The minimum Gasteiger partial charge on any atom is -0.496 e. The monoisotopic (exact) mass is 247 g/mol. The Morgan fingerprint density at radius 3 is 2.67 bits per heavy atom. The number of benzene rings is 1. The third kappa shape index (κ3) is 2.56. The number of Topliss-reactive ketones (excluding diaryl/α,β-unsaturated/α-hetero) is 1. The van der Waals surface area contributed by atoms with Crippen molar-refractivity contribution < 1.29 is 9.53 Å². The highest BCUT2D eigenvalue weighted by Crippen LogP contribution is 2.30. The van der Waals surface area contributed by atoms with E-state index in [4.69, 9.17) is 10.5 Å². The minimum absolute atomic E-state index is 0.143. The van der Waals surface area contributed by atoms with Crippen molar-refractivity contribution in [2.24, 2.45) is 5.73 Å². The van der Waals surface area contributed by atoms with Crippen LogP contribution in [0.5, 0.6) is 5.75 Å². The number of carbonyl (C=O) groups is 1. The zero-order chi connectivity index (χ0) is 13.2. The first-order chi connectivity index (χ1) is 8.55. The third-order valence-electron chi connectivity index (χ3n) is 3.84. The molecule has 3 heteroatoms. The van der Waals surface area contributed by atoms with Gasteiger partial charge in [-0.25, -0.2) is 0 Å². The van der Waals surface area contributed by atoms with Crippen LogP contribution in [0.3, 0.4) is 0 Å². The normalized spacial score (nSPS) is 17.7. The van der Waals surface area contributed by atoms with E-state index in [1.807, 2.05) is 25.1 Å². The van der Waals surface area contributed by atoms with E-state index >= 15 is 0 Å². The van der Waals surface area contributed by atoms with E-state index < -0.39 is 5.54 Å². The molecule has 0 amide bonds. The van der Waals surface area contributed by atoms with Gasteiger partial charge in [0.15, 0.2) is 5.78 Å². The molecule has 1 aromatic rings. The summed E-state index contributed by atoms with van der Waals surface area (Å²) in [5.74, 6) is 0.916. The van der Waals surface area contributed by atoms with Gasteiger partial charge in [-0.05, 0) is 25.8 Å². The largest absolute Gasteiger partial charge is 0.496 e. The van der Waals surface area contributed by atoms with Gasteiger partial charge in [0.2, 0.25) is 0 Å². The Kier molecular flexibility index (Phi) is 3.71. The Morgan fingerprint density at radius 1 is 1.39 bits per heavy atom. The van der Waals surface area contributed by atoms with Crippen LogP contribution >= 0.6 is 0 Å². The molecule has 1 aromatic carbocycles. The molecule has 1 fully saturated rings. The second-order valence-corrected chi connectivity index (χ2v) is 5.28. The number of ether oxygens (including phenoxy) is 1. The molecule has 2 rings (SSSR count). The Morgan fingerprint density at radius 2 is 2.06 bits per heavy atom. The molecule has 1 saturated carbocycles. The minimum atomic E-state index is -0.602. The van der Waals surface area contributed by atoms with E-state index in [0.717, 1.165) is 42.6 Å². The van der Waals surface area contributed by atoms with Gasteiger partial charge in [0.25, 0.3) is 0 Å². The number of carbonyl (C=O) groups excluding carboxylic acids is 1. The highest BCUT2D eigenvalue weighted by Gasteiger charge is 2.36. The molecule has 0 unspecified atom stereocenters. The van der Waals surface area contributed by atoms with Crippen LogP contribution in [-0.2, 0) is 11.2 Å². The molecule has 0 aliphatic heterocycles. The van der Waals surface area contributed by atoms with Crippen molar-refractivity contribution >= 4 is 5.78 Å². The number of aryl methyl sites for hydroxylation is 1. The quantitative estimate of drug-likeness (QED) is 0.888. The lowest BCUT2D eigenvalue weighted by Crippen LogP contribution is -2.46. The van der Waals surface area contributed by atoms with Gasteiger partial charge in [0.05, 0.1) is 12.6 Å². The maximum Gasteiger partial charge on any atom is 0.157 e. The first kappa shape index (κ1) is 13.1. The molecular formula is C15H21NO2. The van der Waals surface area contributed by atoms with Crippen molar-refractivity contribution in [1.29, 1.82) is 0 Å². The first-order valence-electron chi connectivity index (χ1n) is 6.51. The second-order valence-electron chi connectivity index (χ2n) is 5.28. The SMILES string of the molecule is COc1ccc(C)cc1CC(=O)C1(N)CCCC1. The predicted octanol–water partition coefficient (Wildman–Crippen LogP) is 2.39. The van der Waals surface area contributed by atoms with Crippen LogP contribution < -0.4 is 10.5 Å². The maximum absolute atomic E-state index is 12.3. The number of nitrogens with two attached hydrogens (primary N) is 1. The molecule has 3 nitrogen and oxygen atoms in total. The lowest BCUT2D eigenvalue weighted by Gasteiger charge is -2.22. The number of methoxy groups -OCH3 is 1. The summed E-state index contributed by atoms with van der Waals surface area (Å²) in [6.45, 7) is 2.02. The number of hydrogen-bond acceptors (Lipinski definition) is 3. The van der Waals surface area contributed by atoms with Crippen LogP contribution in [0.2, 0.25) is 0 Å². The topological polar surface area (TPSA) is 52.3 Å². The van der Waals surface area contributed by atoms with Crippen LogP contribution in [-0.4, -0.2) is 18.4 Å². The van der Waals surface area contributed by atoms with Gasteiger partial charge < -0.3 is 10.5 Å².